The molecule has 0 heterocycles. The van der Waals surface area contributed by atoms with Crippen LogP contribution in [0.15, 0.2) is 23.2 Å². The predicted molar refractivity (Wildman–Crippen MR) is 57.8 cm³/mol. The molecule has 0 radical (unpaired) electrons. The van der Waals surface area contributed by atoms with Gasteiger partial charge in [0.2, 0.25) is 0 Å². The van der Waals surface area contributed by atoms with Gasteiger partial charge in [0.1, 0.15) is 11.6 Å². The number of methoxy groups -OCH3 is 1. The third-order valence-electron chi connectivity index (χ3n) is 2.14. The summed E-state index contributed by atoms with van der Waals surface area (Å²) < 4.78 is 42.3. The molecule has 0 saturated carbocycles. The topological polar surface area (TPSA) is 59.6 Å². The third kappa shape index (κ3) is 2.88. The van der Waals surface area contributed by atoms with Gasteiger partial charge in [0.25, 0.3) is 0 Å². The molecule has 0 amide bonds. The number of amidine groups is 1. The van der Waals surface area contributed by atoms with Gasteiger partial charge >= 0.3 is 6.18 Å². The number of hydrazine groups is 1. The van der Waals surface area contributed by atoms with Crippen LogP contribution in [0.2, 0.25) is 0 Å². The lowest BCUT2D eigenvalue weighted by Crippen LogP contribution is -2.31. The first-order valence-corrected chi connectivity index (χ1v) is 4.63. The summed E-state index contributed by atoms with van der Waals surface area (Å²) in [6, 6.07) is 3.10. The second-order valence-corrected chi connectivity index (χ2v) is 3.13. The molecule has 0 aliphatic carbocycles. The number of alkyl halides is 3. The highest BCUT2D eigenvalue weighted by Crippen LogP contribution is 2.33. The summed E-state index contributed by atoms with van der Waals surface area (Å²) in [5.41, 5.74) is 1.87. The lowest BCUT2D eigenvalue weighted by molar-refractivity contribution is -0.137. The van der Waals surface area contributed by atoms with Crippen molar-refractivity contribution >= 4 is 5.84 Å². The molecule has 0 spiro atoms. The van der Waals surface area contributed by atoms with Crippen LogP contribution in [0.5, 0.6) is 5.75 Å². The Hall–Kier alpha value is -1.76. The fraction of sp³-hybridized carbons (Fsp3) is 0.300. The van der Waals surface area contributed by atoms with Gasteiger partial charge < -0.3 is 10.2 Å². The predicted octanol–water partition coefficient (Wildman–Crippen LogP) is 1.55. The molecule has 0 unspecified atom stereocenters. The number of aliphatic imine (C=N–C) groups is 1. The number of nitrogens with two attached hydrogens (primary N) is 1. The van der Waals surface area contributed by atoms with Crippen molar-refractivity contribution in [3.63, 3.8) is 0 Å². The van der Waals surface area contributed by atoms with Crippen molar-refractivity contribution in [3.05, 3.63) is 29.3 Å². The Morgan fingerprint density at radius 2 is 2.06 bits per heavy atom. The first kappa shape index (κ1) is 13.3. The van der Waals surface area contributed by atoms with Gasteiger partial charge in [0, 0.05) is 7.05 Å². The van der Waals surface area contributed by atoms with E-state index < -0.39 is 11.7 Å². The maximum atomic E-state index is 12.5. The van der Waals surface area contributed by atoms with Gasteiger partial charge in [0.05, 0.1) is 18.2 Å². The lowest BCUT2D eigenvalue weighted by Gasteiger charge is -2.13. The van der Waals surface area contributed by atoms with Crippen molar-refractivity contribution in [2.45, 2.75) is 6.18 Å². The van der Waals surface area contributed by atoms with Crippen molar-refractivity contribution in [1.82, 2.24) is 5.43 Å². The molecule has 0 aliphatic heterocycles. The van der Waals surface area contributed by atoms with Crippen LogP contribution in [0.3, 0.4) is 0 Å². The van der Waals surface area contributed by atoms with Crippen LogP contribution in [0, 0.1) is 0 Å². The van der Waals surface area contributed by atoms with Gasteiger partial charge in [-0.2, -0.15) is 13.2 Å². The first-order chi connectivity index (χ1) is 7.93. The fourth-order valence-corrected chi connectivity index (χ4v) is 1.33. The smallest absolute Gasteiger partial charge is 0.416 e. The molecule has 1 rings (SSSR count). The summed E-state index contributed by atoms with van der Waals surface area (Å²) >= 11 is 0. The molecule has 7 heteroatoms. The van der Waals surface area contributed by atoms with Gasteiger partial charge in [-0.05, 0) is 18.2 Å². The number of halogens is 3. The Labute approximate surface area is 96.3 Å². The minimum Gasteiger partial charge on any atom is -0.496 e. The van der Waals surface area contributed by atoms with Gasteiger partial charge in [0.15, 0.2) is 0 Å². The molecule has 1 aromatic rings. The summed E-state index contributed by atoms with van der Waals surface area (Å²) in [6.45, 7) is 0. The highest BCUT2D eigenvalue weighted by atomic mass is 19.4. The monoisotopic (exact) mass is 247 g/mol. The maximum Gasteiger partial charge on any atom is 0.416 e. The highest BCUT2D eigenvalue weighted by Gasteiger charge is 2.31. The van der Waals surface area contributed by atoms with E-state index >= 15 is 0 Å². The first-order valence-electron chi connectivity index (χ1n) is 4.63. The van der Waals surface area contributed by atoms with E-state index in [2.05, 4.69) is 10.4 Å². The van der Waals surface area contributed by atoms with Gasteiger partial charge in [-0.1, -0.05) is 0 Å². The Morgan fingerprint density at radius 3 is 2.47 bits per heavy atom. The van der Waals surface area contributed by atoms with E-state index in [1.165, 1.54) is 20.2 Å². The Morgan fingerprint density at radius 1 is 1.41 bits per heavy atom. The summed E-state index contributed by atoms with van der Waals surface area (Å²) in [4.78, 5) is 3.80. The zero-order valence-electron chi connectivity index (χ0n) is 9.30. The number of nitrogens with one attached hydrogen (secondary N) is 1. The summed E-state index contributed by atoms with van der Waals surface area (Å²) in [5.74, 6) is 5.50. The van der Waals surface area contributed by atoms with Crippen LogP contribution in [-0.2, 0) is 6.18 Å². The van der Waals surface area contributed by atoms with E-state index in [0.29, 0.717) is 5.56 Å². The summed E-state index contributed by atoms with van der Waals surface area (Å²) in [6.07, 6.45) is -4.41. The van der Waals surface area contributed by atoms with Gasteiger partial charge in [-0.15, -0.1) is 0 Å². The second kappa shape index (κ2) is 5.05. The molecule has 0 aromatic heterocycles. The number of nitrogens with zero attached hydrogens (tertiary/aromatic N) is 1. The molecule has 17 heavy (non-hydrogen) atoms. The van der Waals surface area contributed by atoms with E-state index in [9.17, 15) is 13.2 Å². The van der Waals surface area contributed by atoms with Crippen LogP contribution < -0.4 is 16.0 Å². The molecular weight excluding hydrogens is 235 g/mol. The largest absolute Gasteiger partial charge is 0.496 e. The Bertz CT molecular complexity index is 429. The van der Waals surface area contributed by atoms with E-state index in [1.807, 2.05) is 0 Å². The van der Waals surface area contributed by atoms with Crippen LogP contribution >= 0.6 is 0 Å². The third-order valence-corrected chi connectivity index (χ3v) is 2.14. The number of ether oxygens (including phenoxy) is 1. The molecule has 0 atom stereocenters. The van der Waals surface area contributed by atoms with E-state index in [4.69, 9.17) is 10.6 Å². The maximum absolute atomic E-state index is 12.5. The number of rotatable bonds is 2. The average Bonchev–Trinajstić information content (AvgIpc) is 2.29. The normalized spacial score (nSPS) is 12.5. The van der Waals surface area contributed by atoms with Crippen molar-refractivity contribution in [2.24, 2.45) is 10.8 Å². The molecule has 0 fully saturated rings. The SMILES string of the molecule is CN=C(NN)c1ccc(C(F)(F)F)cc1OC. The van der Waals surface area contributed by atoms with Crippen LogP contribution in [0.4, 0.5) is 13.2 Å². The minimum atomic E-state index is -4.41. The molecule has 3 N–H and O–H groups in total. The lowest BCUT2D eigenvalue weighted by atomic mass is 10.1. The molecule has 0 bridgehead atoms. The standard InChI is InChI=1S/C10H12F3N3O/c1-15-9(16-14)7-4-3-6(10(11,12)13)5-8(7)17-2/h3-5H,14H2,1-2H3,(H,15,16). The van der Waals surface area contributed by atoms with Crippen LogP contribution in [-0.4, -0.2) is 20.0 Å². The van der Waals surface area contributed by atoms with E-state index in [0.717, 1.165) is 12.1 Å². The van der Waals surface area contributed by atoms with Crippen molar-refractivity contribution < 1.29 is 17.9 Å². The number of hydrogen-bond donors (Lipinski definition) is 2. The summed E-state index contributed by atoms with van der Waals surface area (Å²) in [7, 11) is 2.75. The minimum absolute atomic E-state index is 0.0541. The molecule has 1 aromatic carbocycles. The quantitative estimate of drug-likeness (QED) is 0.361. The molecule has 94 valence electrons. The summed E-state index contributed by atoms with van der Waals surface area (Å²) in [5, 5.41) is 0. The van der Waals surface area contributed by atoms with Crippen molar-refractivity contribution in [1.29, 1.82) is 0 Å². The van der Waals surface area contributed by atoms with Gasteiger partial charge in [-0.25, -0.2) is 5.84 Å². The second-order valence-electron chi connectivity index (χ2n) is 3.13. The average molecular weight is 247 g/mol. The molecule has 4 nitrogen and oxygen atoms in total. The van der Waals surface area contributed by atoms with Crippen molar-refractivity contribution in [3.8, 4) is 5.75 Å². The zero-order chi connectivity index (χ0) is 13.1. The Kier molecular flexibility index (Phi) is 3.95. The van der Waals surface area contributed by atoms with Gasteiger partial charge in [-0.3, -0.25) is 4.99 Å². The molecule has 0 aliphatic rings. The zero-order valence-corrected chi connectivity index (χ0v) is 9.30. The number of benzene rings is 1. The van der Waals surface area contributed by atoms with Crippen molar-refractivity contribution in [2.75, 3.05) is 14.2 Å². The fourth-order valence-electron chi connectivity index (χ4n) is 1.33. The van der Waals surface area contributed by atoms with E-state index in [1.54, 1.807) is 0 Å². The van der Waals surface area contributed by atoms with Crippen LogP contribution in [0.25, 0.3) is 0 Å². The van der Waals surface area contributed by atoms with E-state index in [-0.39, 0.29) is 11.6 Å². The highest BCUT2D eigenvalue weighted by molar-refractivity contribution is 6.00. The Balaban J connectivity index is 3.28. The number of hydrogen-bond acceptors (Lipinski definition) is 3. The molecule has 0 saturated heterocycles. The molecular formula is C10H12F3N3O. The van der Waals surface area contributed by atoms with Crippen LogP contribution in [0.1, 0.15) is 11.1 Å².